The number of hydrogen-bond acceptors (Lipinski definition) is 3. The minimum absolute atomic E-state index is 0.152. The highest BCUT2D eigenvalue weighted by Crippen LogP contribution is 2.21. The second-order valence-electron chi connectivity index (χ2n) is 6.45. The molecule has 0 saturated heterocycles. The number of methoxy groups -OCH3 is 3. The lowest BCUT2D eigenvalue weighted by Gasteiger charge is -2.19. The van der Waals surface area contributed by atoms with E-state index < -0.39 is 65.0 Å². The second kappa shape index (κ2) is 9.12. The molecule has 0 unspecified atom stereocenters. The van der Waals surface area contributed by atoms with E-state index in [1.54, 1.807) is 0 Å². The molecular formula is C21H15AlF6O3. The van der Waals surface area contributed by atoms with Crippen molar-refractivity contribution in [2.45, 2.75) is 0 Å². The quantitative estimate of drug-likeness (QED) is 0.422. The lowest BCUT2D eigenvalue weighted by molar-refractivity contribution is 0.384. The van der Waals surface area contributed by atoms with Gasteiger partial charge in [-0.3, -0.25) is 0 Å². The van der Waals surface area contributed by atoms with E-state index in [0.717, 1.165) is 38.5 Å². The number of ether oxygens (including phenoxy) is 3. The Bertz CT molecular complexity index is 1060. The van der Waals surface area contributed by atoms with Gasteiger partial charge in [-0.1, -0.05) is 8.85 Å². The van der Waals surface area contributed by atoms with Gasteiger partial charge in [-0.2, -0.15) is 0 Å². The Morgan fingerprint density at radius 3 is 1.29 bits per heavy atom. The van der Waals surface area contributed by atoms with Crippen LogP contribution < -0.4 is 27.5 Å². The van der Waals surface area contributed by atoms with Gasteiger partial charge in [0.1, 0.15) is 29.0 Å². The summed E-state index contributed by atoms with van der Waals surface area (Å²) in [6.45, 7) is 0. The van der Waals surface area contributed by atoms with Crippen molar-refractivity contribution < 1.29 is 40.6 Å². The summed E-state index contributed by atoms with van der Waals surface area (Å²) in [4.78, 5) is 0. The van der Waals surface area contributed by atoms with Crippen LogP contribution in [0.25, 0.3) is 0 Å². The van der Waals surface area contributed by atoms with Crippen molar-refractivity contribution in [2.24, 2.45) is 0 Å². The maximum absolute atomic E-state index is 15.0. The minimum atomic E-state index is -3.67. The van der Waals surface area contributed by atoms with E-state index in [1.165, 1.54) is 7.11 Å². The van der Waals surface area contributed by atoms with Crippen molar-refractivity contribution in [2.75, 3.05) is 21.3 Å². The summed E-state index contributed by atoms with van der Waals surface area (Å²) in [6.07, 6.45) is 0. The molecule has 0 saturated carbocycles. The average Bonchev–Trinajstić information content (AvgIpc) is 2.72. The third-order valence-corrected chi connectivity index (χ3v) is 8.00. The molecule has 162 valence electrons. The first-order chi connectivity index (χ1) is 14.7. The van der Waals surface area contributed by atoms with Crippen LogP contribution in [-0.2, 0) is 0 Å². The molecule has 0 spiro atoms. The Labute approximate surface area is 178 Å². The molecule has 3 rings (SSSR count). The van der Waals surface area contributed by atoms with Gasteiger partial charge in [0, 0.05) is 24.3 Å². The number of rotatable bonds is 6. The standard InChI is InChI=1S/3C7H5F2O.Al/c1-10-7-3-5(8)2-6(9)4-7;2*1-10-7-3-2-5(8)4-6(7)9;/h3*3-4H,1H3;. The Hall–Kier alpha value is -2.83. The van der Waals surface area contributed by atoms with Gasteiger partial charge in [-0.25, -0.2) is 26.3 Å². The number of benzene rings is 3. The van der Waals surface area contributed by atoms with Gasteiger partial charge in [0.25, 0.3) is 0 Å². The first-order valence-corrected chi connectivity index (χ1v) is 10.5. The molecule has 0 aliphatic carbocycles. The van der Waals surface area contributed by atoms with Crippen LogP contribution in [0.2, 0.25) is 0 Å². The monoisotopic (exact) mass is 456 g/mol. The normalized spacial score (nSPS) is 10.7. The highest BCUT2D eigenvalue weighted by atomic mass is 27.2. The van der Waals surface area contributed by atoms with E-state index in [9.17, 15) is 26.3 Å². The zero-order valence-corrected chi connectivity index (χ0v) is 17.7. The maximum Gasteiger partial charge on any atom is 0.402 e. The van der Waals surface area contributed by atoms with Crippen molar-refractivity contribution in [3.05, 3.63) is 71.3 Å². The van der Waals surface area contributed by atoms with Crippen LogP contribution in [0.4, 0.5) is 26.3 Å². The van der Waals surface area contributed by atoms with E-state index in [2.05, 4.69) is 0 Å². The van der Waals surface area contributed by atoms with Gasteiger partial charge < -0.3 is 14.2 Å². The smallest absolute Gasteiger partial charge is 0.402 e. The fourth-order valence-electron chi connectivity index (χ4n) is 3.28. The number of hydrogen-bond donors (Lipinski definition) is 0. The Kier molecular flexibility index (Phi) is 6.72. The SMILES string of the molecule is COc1cc(F)[c]([Al]([c]2cc(OC)c(F)cc2F)[c]2cc(OC)c(F)cc2F)c(F)c1. The predicted octanol–water partition coefficient (Wildman–Crippen LogP) is 3.06. The zero-order chi connectivity index (χ0) is 22.9. The molecule has 0 aromatic heterocycles. The predicted molar refractivity (Wildman–Crippen MR) is 103 cm³/mol. The van der Waals surface area contributed by atoms with Gasteiger partial charge in [0.2, 0.25) is 0 Å². The van der Waals surface area contributed by atoms with Gasteiger partial charge >= 0.3 is 14.1 Å². The highest BCUT2D eigenvalue weighted by Gasteiger charge is 2.37. The van der Waals surface area contributed by atoms with Crippen LogP contribution in [0.15, 0.2) is 36.4 Å². The molecule has 0 N–H and O–H groups in total. The molecule has 0 amide bonds. The summed E-state index contributed by atoms with van der Waals surface area (Å²) in [5.41, 5.74) is 0. The van der Waals surface area contributed by atoms with Crippen molar-refractivity contribution in [3.8, 4) is 17.2 Å². The molecule has 0 aliphatic heterocycles. The fraction of sp³-hybridized carbons (Fsp3) is 0.143. The average molecular weight is 456 g/mol. The van der Waals surface area contributed by atoms with Gasteiger partial charge in [0.05, 0.1) is 21.3 Å². The molecule has 0 atom stereocenters. The van der Waals surface area contributed by atoms with Gasteiger partial charge in [-0.15, -0.1) is 0 Å². The Morgan fingerprint density at radius 2 is 0.935 bits per heavy atom. The van der Waals surface area contributed by atoms with Gasteiger partial charge in [0.15, 0.2) is 23.1 Å². The van der Waals surface area contributed by atoms with Crippen LogP contribution in [0.1, 0.15) is 0 Å². The molecule has 0 heterocycles. The lowest BCUT2D eigenvalue weighted by Crippen LogP contribution is -2.57. The van der Waals surface area contributed by atoms with Crippen molar-refractivity contribution in [1.29, 1.82) is 0 Å². The first-order valence-electron chi connectivity index (χ1n) is 8.80. The Morgan fingerprint density at radius 1 is 0.516 bits per heavy atom. The van der Waals surface area contributed by atoms with E-state index in [1.807, 2.05) is 0 Å². The first kappa shape index (κ1) is 22.8. The van der Waals surface area contributed by atoms with Crippen LogP contribution in [-0.4, -0.2) is 35.5 Å². The third kappa shape index (κ3) is 4.31. The zero-order valence-electron chi connectivity index (χ0n) is 16.5. The van der Waals surface area contributed by atoms with E-state index in [0.29, 0.717) is 12.1 Å². The molecule has 0 fully saturated rings. The minimum Gasteiger partial charge on any atom is -0.497 e. The topological polar surface area (TPSA) is 27.7 Å². The van der Waals surface area contributed by atoms with Crippen LogP contribution in [0.3, 0.4) is 0 Å². The Balaban J connectivity index is 2.40. The molecule has 3 aromatic carbocycles. The molecule has 0 radical (unpaired) electrons. The summed E-state index contributed by atoms with van der Waals surface area (Å²) in [6, 6.07) is 4.50. The summed E-state index contributed by atoms with van der Waals surface area (Å²) < 4.78 is 101. The van der Waals surface area contributed by atoms with Crippen molar-refractivity contribution >= 4 is 27.4 Å². The van der Waals surface area contributed by atoms with Crippen LogP contribution >= 0.6 is 0 Å². The number of halogens is 6. The molecule has 10 heteroatoms. The van der Waals surface area contributed by atoms with E-state index in [-0.39, 0.29) is 14.6 Å². The molecular weight excluding hydrogens is 441 g/mol. The molecule has 0 aliphatic rings. The molecule has 3 nitrogen and oxygen atoms in total. The fourth-order valence-corrected chi connectivity index (χ4v) is 6.31. The molecule has 0 bridgehead atoms. The summed E-state index contributed by atoms with van der Waals surface area (Å²) >= 11 is -3.67. The highest BCUT2D eigenvalue weighted by molar-refractivity contribution is 6.95. The molecule has 31 heavy (non-hydrogen) atoms. The lowest BCUT2D eigenvalue weighted by atomic mass is 10.3. The van der Waals surface area contributed by atoms with Crippen molar-refractivity contribution in [3.63, 3.8) is 0 Å². The van der Waals surface area contributed by atoms with Crippen LogP contribution in [0.5, 0.6) is 17.2 Å². The summed E-state index contributed by atoms with van der Waals surface area (Å²) in [7, 11) is 3.43. The largest absolute Gasteiger partial charge is 0.497 e. The maximum atomic E-state index is 15.0. The van der Waals surface area contributed by atoms with E-state index in [4.69, 9.17) is 14.2 Å². The van der Waals surface area contributed by atoms with Crippen LogP contribution in [0, 0.1) is 34.9 Å². The third-order valence-electron chi connectivity index (χ3n) is 4.74. The van der Waals surface area contributed by atoms with E-state index >= 15 is 0 Å². The summed E-state index contributed by atoms with van der Waals surface area (Å²) in [5, 5.41) is 0. The van der Waals surface area contributed by atoms with Gasteiger partial charge in [-0.05, 0) is 16.6 Å². The molecule has 3 aromatic rings. The van der Waals surface area contributed by atoms with Crippen molar-refractivity contribution in [1.82, 2.24) is 0 Å². The summed E-state index contributed by atoms with van der Waals surface area (Å²) in [5.74, 6) is -7.64. The second-order valence-corrected chi connectivity index (χ2v) is 9.14.